The number of nitro benzene ring substituents is 1. The third kappa shape index (κ3) is 6.96. The number of rotatable bonds is 9. The highest BCUT2D eigenvalue weighted by Gasteiger charge is 2.24. The molecule has 0 amide bonds. The average molecular weight is 896 g/mol. The Morgan fingerprint density at radius 2 is 1.06 bits per heavy atom. The summed E-state index contributed by atoms with van der Waals surface area (Å²) in [4.78, 5) is 32.6. The van der Waals surface area contributed by atoms with Crippen molar-refractivity contribution in [1.29, 1.82) is 0 Å². The van der Waals surface area contributed by atoms with Crippen LogP contribution in [0.3, 0.4) is 0 Å². The number of fused-ring (bicyclic) bond motifs is 6. The van der Waals surface area contributed by atoms with E-state index in [1.54, 1.807) is 36.9 Å². The summed E-state index contributed by atoms with van der Waals surface area (Å²) in [6.45, 7) is 0. The molecule has 3 aromatic heterocycles. The molecule has 11 heteroatoms. The molecule has 1 N–H and O–H groups in total. The molecular weight excluding hydrogens is 859 g/mol. The maximum absolute atomic E-state index is 13.2. The second-order valence-electron chi connectivity index (χ2n) is 16.0. The van der Waals surface area contributed by atoms with E-state index in [1.807, 2.05) is 109 Å². The van der Waals surface area contributed by atoms with Gasteiger partial charge >= 0.3 is 0 Å². The topological polar surface area (TPSA) is 132 Å². The van der Waals surface area contributed by atoms with Crippen LogP contribution in [-0.4, -0.2) is 45.8 Å². The summed E-state index contributed by atoms with van der Waals surface area (Å²) in [6, 6.07) is 56.5. The molecule has 66 heavy (non-hydrogen) atoms. The number of H-pyrrole nitrogens is 1. The number of nitro groups is 1. The van der Waals surface area contributed by atoms with Gasteiger partial charge in [0.2, 0.25) is 0 Å². The van der Waals surface area contributed by atoms with Crippen molar-refractivity contribution in [3.05, 3.63) is 192 Å². The van der Waals surface area contributed by atoms with Gasteiger partial charge < -0.3 is 4.98 Å². The first kappa shape index (κ1) is 40.8. The van der Waals surface area contributed by atoms with Crippen LogP contribution in [0.1, 0.15) is 0 Å². The van der Waals surface area contributed by atoms with E-state index in [1.165, 1.54) is 6.07 Å². The summed E-state index contributed by atoms with van der Waals surface area (Å²) < 4.78 is 26.3. The molecule has 8 aromatic carbocycles. The fourth-order valence-electron chi connectivity index (χ4n) is 9.20. The molecule has 11 rings (SSSR count). The van der Waals surface area contributed by atoms with Crippen LogP contribution in [0.15, 0.2) is 192 Å². The Hall–Kier alpha value is -7.99. The van der Waals surface area contributed by atoms with Crippen LogP contribution in [0.25, 0.3) is 111 Å². The molecule has 0 aliphatic heterocycles. The van der Waals surface area contributed by atoms with Gasteiger partial charge in [0.15, 0.2) is 0 Å². The molecule has 0 aliphatic carbocycles. The number of aromatic amines is 1. The largest absolute Gasteiger partial charge is 0.339 e. The molecule has 318 valence electrons. The van der Waals surface area contributed by atoms with Gasteiger partial charge in [0, 0.05) is 78.7 Å². The van der Waals surface area contributed by atoms with E-state index in [-0.39, 0.29) is 10.6 Å². The Balaban J connectivity index is 1.17. The van der Waals surface area contributed by atoms with Gasteiger partial charge in [-0.2, -0.15) is 0 Å². The van der Waals surface area contributed by atoms with E-state index in [9.17, 15) is 18.5 Å². The molecule has 0 radical (unpaired) electrons. The van der Waals surface area contributed by atoms with E-state index < -0.39 is 21.6 Å². The lowest BCUT2D eigenvalue weighted by atomic mass is 9.91. The van der Waals surface area contributed by atoms with E-state index >= 15 is 0 Å². The maximum Gasteiger partial charge on any atom is 0.277 e. The minimum atomic E-state index is -1.32. The van der Waals surface area contributed by atoms with Crippen LogP contribution < -0.4 is 0 Å². The fourth-order valence-corrected chi connectivity index (χ4v) is 10.7. The van der Waals surface area contributed by atoms with Gasteiger partial charge in [0.1, 0.15) is 5.65 Å². The average Bonchev–Trinajstić information content (AvgIpc) is 3.74. The third-order valence-corrected chi connectivity index (χ3v) is 14.1. The van der Waals surface area contributed by atoms with Crippen molar-refractivity contribution >= 4 is 71.0 Å². The molecule has 2 atom stereocenters. The van der Waals surface area contributed by atoms with Gasteiger partial charge in [-0.1, -0.05) is 121 Å². The SMILES string of the molecule is CS(=O)c1ccccc1-c1cc2[nH]c3ncccc3c2c2ccc(-c3cccc(-c4nc5c(-c6ccccc6[N+](=O)[O-])ccc(-c6ccccc6S(C)=O)c5nc4-c4ccccc4)c3)cc12. The predicted molar refractivity (Wildman–Crippen MR) is 268 cm³/mol. The zero-order chi connectivity index (χ0) is 45.1. The lowest BCUT2D eigenvalue weighted by molar-refractivity contribution is -0.384. The van der Waals surface area contributed by atoms with E-state index in [2.05, 4.69) is 52.4 Å². The molecular formula is C55H37N5O4S2. The first-order valence-electron chi connectivity index (χ1n) is 21.2. The van der Waals surface area contributed by atoms with Crippen molar-refractivity contribution in [3.63, 3.8) is 0 Å². The Morgan fingerprint density at radius 3 is 1.76 bits per heavy atom. The second kappa shape index (κ2) is 16.5. The van der Waals surface area contributed by atoms with E-state index in [0.717, 1.165) is 76.5 Å². The van der Waals surface area contributed by atoms with E-state index in [4.69, 9.17) is 9.97 Å². The second-order valence-corrected chi connectivity index (χ2v) is 18.7. The van der Waals surface area contributed by atoms with Crippen LogP contribution in [0, 0.1) is 10.1 Å². The number of benzene rings is 8. The van der Waals surface area contributed by atoms with Crippen molar-refractivity contribution in [2.75, 3.05) is 12.5 Å². The van der Waals surface area contributed by atoms with Gasteiger partial charge in [0.25, 0.3) is 5.69 Å². The van der Waals surface area contributed by atoms with Gasteiger partial charge in [0.05, 0.1) is 54.5 Å². The van der Waals surface area contributed by atoms with Crippen LogP contribution in [0.5, 0.6) is 0 Å². The molecule has 0 aliphatic rings. The molecule has 3 heterocycles. The van der Waals surface area contributed by atoms with Crippen LogP contribution in [-0.2, 0) is 21.6 Å². The third-order valence-electron chi connectivity index (χ3n) is 12.2. The fraction of sp³-hybridized carbons (Fsp3) is 0.0364. The molecule has 2 unspecified atom stereocenters. The zero-order valence-corrected chi connectivity index (χ0v) is 37.2. The lowest BCUT2D eigenvalue weighted by Crippen LogP contribution is -2.01. The van der Waals surface area contributed by atoms with Crippen molar-refractivity contribution in [3.8, 4) is 67.0 Å². The zero-order valence-electron chi connectivity index (χ0n) is 35.6. The number of pyridine rings is 1. The first-order valence-corrected chi connectivity index (χ1v) is 24.3. The van der Waals surface area contributed by atoms with Gasteiger partial charge in [-0.25, -0.2) is 15.0 Å². The van der Waals surface area contributed by atoms with Crippen LogP contribution >= 0.6 is 0 Å². The molecule has 9 nitrogen and oxygen atoms in total. The monoisotopic (exact) mass is 895 g/mol. The summed E-state index contributed by atoms with van der Waals surface area (Å²) in [5.41, 5.74) is 11.7. The van der Waals surface area contributed by atoms with Gasteiger partial charge in [-0.05, 0) is 81.6 Å². The van der Waals surface area contributed by atoms with Gasteiger partial charge in [-0.3, -0.25) is 18.5 Å². The molecule has 0 bridgehead atoms. The summed E-state index contributed by atoms with van der Waals surface area (Å²) in [5.74, 6) is 0. The number of para-hydroxylation sites is 1. The minimum Gasteiger partial charge on any atom is -0.339 e. The number of hydrogen-bond donors (Lipinski definition) is 1. The first-order chi connectivity index (χ1) is 32.2. The van der Waals surface area contributed by atoms with Crippen molar-refractivity contribution in [2.45, 2.75) is 9.79 Å². The highest BCUT2D eigenvalue weighted by molar-refractivity contribution is 7.84. The van der Waals surface area contributed by atoms with Crippen LogP contribution in [0.2, 0.25) is 0 Å². The quantitative estimate of drug-likeness (QED) is 0.113. The smallest absolute Gasteiger partial charge is 0.277 e. The molecule has 0 fully saturated rings. The summed E-state index contributed by atoms with van der Waals surface area (Å²) >= 11 is 0. The van der Waals surface area contributed by atoms with Crippen molar-refractivity contribution in [1.82, 2.24) is 19.9 Å². The maximum atomic E-state index is 13.2. The highest BCUT2D eigenvalue weighted by atomic mass is 32.2. The summed E-state index contributed by atoms with van der Waals surface area (Å²) in [5, 5.41) is 16.6. The Kier molecular flexibility index (Phi) is 10.2. The molecule has 0 saturated heterocycles. The predicted octanol–water partition coefficient (Wildman–Crippen LogP) is 13.2. The number of nitrogens with zero attached hydrogens (tertiary/aromatic N) is 4. The minimum absolute atomic E-state index is 0.0521. The lowest BCUT2D eigenvalue weighted by Gasteiger charge is -2.17. The van der Waals surface area contributed by atoms with E-state index in [0.29, 0.717) is 44.0 Å². The number of aromatic nitrogens is 4. The summed E-state index contributed by atoms with van der Waals surface area (Å²) in [6.07, 6.45) is 5.14. The Bertz CT molecular complexity index is 3830. The highest BCUT2D eigenvalue weighted by Crippen LogP contribution is 2.44. The number of nitrogens with one attached hydrogen (secondary N) is 1. The standard InChI is InChI=1S/C55H37N5O4S2/c1-65(63)48-23-10-7-19-38(48)42-28-27-41(37-18-6-9-22-47(37)60(61)62)53-54(42)58-51(33-14-4-3-5-15-33)52(59-53)36-17-12-16-34(30-36)35-25-26-40-44(31-35)45(39-20-8-11-24-49(39)66(2)64)32-46-50(40)43-21-13-29-56-55(43)57-46/h3-32H,1-2H3,(H,56,57). The molecule has 11 aromatic rings. The Labute approximate surface area is 384 Å². The molecule has 0 saturated carbocycles. The van der Waals surface area contributed by atoms with Crippen molar-refractivity contribution in [2.24, 2.45) is 0 Å². The van der Waals surface area contributed by atoms with Gasteiger partial charge in [-0.15, -0.1) is 0 Å². The molecule has 0 spiro atoms. The summed E-state index contributed by atoms with van der Waals surface area (Å²) in [7, 11) is -2.57. The van der Waals surface area contributed by atoms with Crippen LogP contribution in [0.4, 0.5) is 5.69 Å². The number of hydrogen-bond acceptors (Lipinski definition) is 7. The normalized spacial score (nSPS) is 12.5. The van der Waals surface area contributed by atoms with Crippen molar-refractivity contribution < 1.29 is 13.3 Å². The Morgan fingerprint density at radius 1 is 0.485 bits per heavy atom.